The lowest BCUT2D eigenvalue weighted by Gasteiger charge is -2.51. The summed E-state index contributed by atoms with van der Waals surface area (Å²) in [6, 6.07) is 6.88. The summed E-state index contributed by atoms with van der Waals surface area (Å²) in [5.41, 5.74) is 6.66. The van der Waals surface area contributed by atoms with Gasteiger partial charge in [0, 0.05) is 26.3 Å². The molecule has 3 heteroatoms. The van der Waals surface area contributed by atoms with Crippen molar-refractivity contribution in [2.45, 2.75) is 77.9 Å². The summed E-state index contributed by atoms with van der Waals surface area (Å²) in [4.78, 5) is 2.44. The highest BCUT2D eigenvalue weighted by Crippen LogP contribution is 2.58. The molecule has 0 radical (unpaired) electrons. The lowest BCUT2D eigenvalue weighted by atomic mass is 9.60. The van der Waals surface area contributed by atoms with Gasteiger partial charge in [0.15, 0.2) is 5.66 Å². The molecule has 2 aromatic rings. The molecule has 0 aliphatic carbocycles. The number of imidazole rings is 1. The molecule has 1 aromatic heterocycles. The third kappa shape index (κ3) is 1.72. The molecule has 144 valence electrons. The van der Waals surface area contributed by atoms with Crippen LogP contribution in [0.15, 0.2) is 30.9 Å². The van der Waals surface area contributed by atoms with Gasteiger partial charge >= 0.3 is 0 Å². The second-order valence-electron chi connectivity index (χ2n) is 9.09. The molecule has 3 heterocycles. The zero-order valence-electron chi connectivity index (χ0n) is 18.3. The molecule has 2 aliphatic heterocycles. The van der Waals surface area contributed by atoms with Crippen molar-refractivity contribution in [2.24, 2.45) is 0 Å². The molecule has 0 spiro atoms. The van der Waals surface area contributed by atoms with E-state index in [9.17, 15) is 0 Å². The van der Waals surface area contributed by atoms with Gasteiger partial charge in [0.1, 0.15) is 16.9 Å². The highest BCUT2D eigenvalue weighted by Gasteiger charge is 2.61. The molecule has 0 fully saturated rings. The molecule has 2 atom stereocenters. The van der Waals surface area contributed by atoms with E-state index < -0.39 is 0 Å². The average Bonchev–Trinajstić information content (AvgIpc) is 2.93. The van der Waals surface area contributed by atoms with Crippen molar-refractivity contribution in [1.82, 2.24) is 4.57 Å². The van der Waals surface area contributed by atoms with Crippen LogP contribution in [0, 0.1) is 13.8 Å². The Balaban J connectivity index is 2.31. The molecule has 0 saturated carbocycles. The molecule has 0 amide bonds. The number of benzene rings is 1. The average molecular weight is 365 g/mol. The SMILES string of the molecule is C=CC1(CC)n2c(C)c(C)[n+]3c2-c2c(cccc2C1(C)CC)N(C)C3(C)C. The first-order valence-corrected chi connectivity index (χ1v) is 10.3. The quantitative estimate of drug-likeness (QED) is 0.540. The van der Waals surface area contributed by atoms with Gasteiger partial charge in [-0.05, 0) is 44.4 Å². The molecular weight excluding hydrogens is 330 g/mol. The van der Waals surface area contributed by atoms with Gasteiger partial charge < -0.3 is 4.90 Å². The van der Waals surface area contributed by atoms with Crippen molar-refractivity contribution in [3.05, 3.63) is 47.8 Å². The van der Waals surface area contributed by atoms with Crippen LogP contribution in [0.3, 0.4) is 0 Å². The van der Waals surface area contributed by atoms with E-state index in [1.807, 2.05) is 0 Å². The number of anilines is 1. The van der Waals surface area contributed by atoms with Gasteiger partial charge in [-0.3, -0.25) is 0 Å². The van der Waals surface area contributed by atoms with Crippen molar-refractivity contribution >= 4 is 5.69 Å². The largest absolute Gasteiger partial charge is 0.333 e. The third-order valence-corrected chi connectivity index (χ3v) is 8.15. The summed E-state index contributed by atoms with van der Waals surface area (Å²) in [6.07, 6.45) is 4.33. The zero-order valence-corrected chi connectivity index (χ0v) is 18.3. The lowest BCUT2D eigenvalue weighted by Crippen LogP contribution is -2.67. The molecular formula is C24H34N3+. The Hall–Kier alpha value is -2.03. The van der Waals surface area contributed by atoms with Crippen LogP contribution in [0.1, 0.15) is 64.4 Å². The Bertz CT molecular complexity index is 964. The van der Waals surface area contributed by atoms with Crippen molar-refractivity contribution in [1.29, 1.82) is 0 Å². The van der Waals surface area contributed by atoms with Crippen molar-refractivity contribution < 1.29 is 4.57 Å². The molecule has 4 rings (SSSR count). The van der Waals surface area contributed by atoms with E-state index in [1.165, 1.54) is 34.0 Å². The molecule has 2 unspecified atom stereocenters. The van der Waals surface area contributed by atoms with E-state index in [4.69, 9.17) is 0 Å². The maximum Gasteiger partial charge on any atom is 0.294 e. The third-order valence-electron chi connectivity index (χ3n) is 8.15. The minimum Gasteiger partial charge on any atom is -0.333 e. The smallest absolute Gasteiger partial charge is 0.294 e. The van der Waals surface area contributed by atoms with E-state index in [1.54, 1.807) is 0 Å². The second kappa shape index (κ2) is 5.27. The molecule has 27 heavy (non-hydrogen) atoms. The summed E-state index contributed by atoms with van der Waals surface area (Å²) in [5.74, 6) is 1.35. The maximum absolute atomic E-state index is 4.37. The first kappa shape index (κ1) is 18.3. The number of hydrogen-bond acceptors (Lipinski definition) is 1. The van der Waals surface area contributed by atoms with E-state index in [-0.39, 0.29) is 16.6 Å². The molecule has 0 saturated heterocycles. The van der Waals surface area contributed by atoms with Crippen molar-refractivity contribution in [2.75, 3.05) is 11.9 Å². The number of rotatable bonds is 3. The van der Waals surface area contributed by atoms with Crippen LogP contribution in [0.25, 0.3) is 11.4 Å². The van der Waals surface area contributed by atoms with Crippen LogP contribution in [0.2, 0.25) is 0 Å². The van der Waals surface area contributed by atoms with Crippen LogP contribution in [0.5, 0.6) is 0 Å². The lowest BCUT2D eigenvalue weighted by molar-refractivity contribution is -0.753. The Morgan fingerprint density at radius 1 is 1.11 bits per heavy atom. The molecule has 1 aromatic carbocycles. The van der Waals surface area contributed by atoms with Gasteiger partial charge in [-0.15, -0.1) is 0 Å². The Morgan fingerprint density at radius 3 is 2.33 bits per heavy atom. The molecule has 0 N–H and O–H groups in total. The topological polar surface area (TPSA) is 12.0 Å². The normalized spacial score (nSPS) is 27.5. The van der Waals surface area contributed by atoms with Gasteiger partial charge in [-0.25, -0.2) is 9.13 Å². The highest BCUT2D eigenvalue weighted by molar-refractivity contribution is 5.82. The molecule has 3 nitrogen and oxygen atoms in total. The number of nitrogens with zero attached hydrogens (tertiary/aromatic N) is 3. The summed E-state index contributed by atoms with van der Waals surface area (Å²) in [6.45, 7) is 20.7. The Kier molecular flexibility index (Phi) is 3.58. The molecule has 2 aliphatic rings. The number of allylic oxidation sites excluding steroid dienone is 1. The highest BCUT2D eigenvalue weighted by atomic mass is 15.4. The minimum atomic E-state index is -0.130. The minimum absolute atomic E-state index is 0.00177. The van der Waals surface area contributed by atoms with Gasteiger partial charge in [-0.2, -0.15) is 0 Å². The fraction of sp³-hybridized carbons (Fsp3) is 0.542. The van der Waals surface area contributed by atoms with Crippen LogP contribution < -0.4 is 9.47 Å². The van der Waals surface area contributed by atoms with E-state index in [2.05, 4.69) is 100 Å². The molecule has 0 bridgehead atoms. The predicted molar refractivity (Wildman–Crippen MR) is 113 cm³/mol. The summed E-state index contributed by atoms with van der Waals surface area (Å²) in [5, 5.41) is 0. The number of aromatic nitrogens is 2. The van der Waals surface area contributed by atoms with Crippen LogP contribution in [0.4, 0.5) is 5.69 Å². The van der Waals surface area contributed by atoms with E-state index in [0.717, 1.165) is 12.8 Å². The van der Waals surface area contributed by atoms with Gasteiger partial charge in [0.2, 0.25) is 0 Å². The van der Waals surface area contributed by atoms with Crippen LogP contribution in [-0.4, -0.2) is 11.6 Å². The summed E-state index contributed by atoms with van der Waals surface area (Å²) < 4.78 is 5.18. The van der Waals surface area contributed by atoms with Crippen LogP contribution >= 0.6 is 0 Å². The predicted octanol–water partition coefficient (Wildman–Crippen LogP) is 5.17. The Labute approximate surface area is 164 Å². The first-order valence-electron chi connectivity index (χ1n) is 10.3. The first-order chi connectivity index (χ1) is 12.6. The fourth-order valence-electron chi connectivity index (χ4n) is 6.07. The number of hydrogen-bond donors (Lipinski definition) is 0. The van der Waals surface area contributed by atoms with Crippen molar-refractivity contribution in [3.63, 3.8) is 0 Å². The second-order valence-corrected chi connectivity index (χ2v) is 9.09. The van der Waals surface area contributed by atoms with E-state index >= 15 is 0 Å². The maximum atomic E-state index is 4.37. The van der Waals surface area contributed by atoms with Gasteiger partial charge in [-0.1, -0.05) is 39.5 Å². The monoisotopic (exact) mass is 364 g/mol. The summed E-state index contributed by atoms with van der Waals surface area (Å²) in [7, 11) is 2.23. The van der Waals surface area contributed by atoms with E-state index in [0.29, 0.717) is 0 Å². The Morgan fingerprint density at radius 2 is 1.78 bits per heavy atom. The zero-order chi connectivity index (χ0) is 19.9. The summed E-state index contributed by atoms with van der Waals surface area (Å²) >= 11 is 0. The van der Waals surface area contributed by atoms with Gasteiger partial charge in [0.25, 0.3) is 5.82 Å². The van der Waals surface area contributed by atoms with Gasteiger partial charge in [0.05, 0.1) is 11.3 Å². The standard InChI is InChI=1S/C24H34N3/c1-10-23(8)18-14-13-15-19-20(18)21-26(22(6,7)25(19)9)16(4)17(5)27(21)24(23,11-2)12-3/h11,13-15H,2,10,12H2,1,3-9H3/q+1. The van der Waals surface area contributed by atoms with Crippen LogP contribution in [-0.2, 0) is 16.6 Å². The fourth-order valence-corrected chi connectivity index (χ4v) is 6.07. The van der Waals surface area contributed by atoms with Crippen molar-refractivity contribution in [3.8, 4) is 11.4 Å².